The van der Waals surface area contributed by atoms with Crippen molar-refractivity contribution in [2.75, 3.05) is 45.5 Å². The predicted octanol–water partition coefficient (Wildman–Crippen LogP) is 0.247. The fraction of sp³-hybridized carbons (Fsp3) is 1.00. The minimum Gasteiger partial charge on any atom is -0.317 e. The molecule has 2 N–H and O–H groups in total. The first-order valence-electron chi connectivity index (χ1n) is 6.90. The molecule has 0 aromatic carbocycles. The van der Waals surface area contributed by atoms with Gasteiger partial charge in [0, 0.05) is 13.1 Å². The van der Waals surface area contributed by atoms with Gasteiger partial charge >= 0.3 is 0 Å². The average molecular weight is 277 g/mol. The van der Waals surface area contributed by atoms with Crippen molar-refractivity contribution in [2.45, 2.75) is 26.2 Å². The Hall–Kier alpha value is -0.170. The Morgan fingerprint density at radius 2 is 2.11 bits per heavy atom. The highest BCUT2D eigenvalue weighted by atomic mass is 32.2. The number of hydrogen-bond donors (Lipinski definition) is 2. The zero-order chi connectivity index (χ0) is 13.4. The SMILES string of the molecule is CCCNCCCS(=O)(=O)NCC1CCN(C)C1. The Labute approximate surface area is 111 Å². The zero-order valence-electron chi connectivity index (χ0n) is 11.6. The van der Waals surface area contributed by atoms with Crippen molar-refractivity contribution in [1.82, 2.24) is 14.9 Å². The van der Waals surface area contributed by atoms with Gasteiger partial charge in [0.2, 0.25) is 10.0 Å². The molecule has 1 heterocycles. The van der Waals surface area contributed by atoms with Crippen LogP contribution in [0.5, 0.6) is 0 Å². The first-order chi connectivity index (χ1) is 8.53. The maximum Gasteiger partial charge on any atom is 0.211 e. The summed E-state index contributed by atoms with van der Waals surface area (Å²) >= 11 is 0. The average Bonchev–Trinajstić information content (AvgIpc) is 2.73. The molecule has 0 aromatic rings. The first kappa shape index (κ1) is 15.9. The van der Waals surface area contributed by atoms with Crippen LogP contribution in [0.3, 0.4) is 0 Å². The molecule has 1 unspecified atom stereocenters. The van der Waals surface area contributed by atoms with Gasteiger partial charge in [0.1, 0.15) is 0 Å². The van der Waals surface area contributed by atoms with Gasteiger partial charge in [-0.15, -0.1) is 0 Å². The molecule has 0 spiro atoms. The normalized spacial score (nSPS) is 21.6. The molecule has 0 radical (unpaired) electrons. The Morgan fingerprint density at radius 1 is 1.33 bits per heavy atom. The third-order valence-corrected chi connectivity index (χ3v) is 4.71. The van der Waals surface area contributed by atoms with Crippen LogP contribution in [-0.2, 0) is 10.0 Å². The summed E-state index contributed by atoms with van der Waals surface area (Å²) in [6.45, 7) is 6.51. The van der Waals surface area contributed by atoms with E-state index in [1.807, 2.05) is 0 Å². The largest absolute Gasteiger partial charge is 0.317 e. The summed E-state index contributed by atoms with van der Waals surface area (Å²) in [6.07, 6.45) is 2.86. The standard InChI is InChI=1S/C12H27N3O2S/c1-3-6-13-7-4-9-18(16,17)14-10-12-5-8-15(2)11-12/h12-14H,3-11H2,1-2H3. The summed E-state index contributed by atoms with van der Waals surface area (Å²) in [6, 6.07) is 0. The van der Waals surface area contributed by atoms with Crippen molar-refractivity contribution in [3.05, 3.63) is 0 Å². The molecular weight excluding hydrogens is 250 g/mol. The van der Waals surface area contributed by atoms with Gasteiger partial charge in [-0.25, -0.2) is 13.1 Å². The van der Waals surface area contributed by atoms with Crippen LogP contribution in [0.15, 0.2) is 0 Å². The minimum atomic E-state index is -3.08. The van der Waals surface area contributed by atoms with E-state index in [0.29, 0.717) is 18.9 Å². The lowest BCUT2D eigenvalue weighted by molar-refractivity contribution is 0.394. The lowest BCUT2D eigenvalue weighted by Gasteiger charge is -2.12. The Balaban J connectivity index is 2.11. The second-order valence-corrected chi connectivity index (χ2v) is 7.11. The van der Waals surface area contributed by atoms with E-state index in [1.165, 1.54) is 0 Å². The van der Waals surface area contributed by atoms with Crippen LogP contribution in [-0.4, -0.2) is 58.8 Å². The molecule has 18 heavy (non-hydrogen) atoms. The van der Waals surface area contributed by atoms with E-state index in [4.69, 9.17) is 0 Å². The Morgan fingerprint density at radius 3 is 2.72 bits per heavy atom. The number of nitrogens with one attached hydrogen (secondary N) is 2. The first-order valence-corrected chi connectivity index (χ1v) is 8.55. The van der Waals surface area contributed by atoms with Crippen LogP contribution in [0.2, 0.25) is 0 Å². The number of nitrogens with zero attached hydrogens (tertiary/aromatic N) is 1. The van der Waals surface area contributed by atoms with Crippen molar-refractivity contribution in [2.24, 2.45) is 5.92 Å². The number of likely N-dealkylation sites (tertiary alicyclic amines) is 1. The van der Waals surface area contributed by atoms with E-state index < -0.39 is 10.0 Å². The highest BCUT2D eigenvalue weighted by molar-refractivity contribution is 7.89. The minimum absolute atomic E-state index is 0.228. The second-order valence-electron chi connectivity index (χ2n) is 5.19. The van der Waals surface area contributed by atoms with Gasteiger partial charge in [0.15, 0.2) is 0 Å². The molecule has 1 fully saturated rings. The van der Waals surface area contributed by atoms with Gasteiger partial charge in [0.25, 0.3) is 0 Å². The predicted molar refractivity (Wildman–Crippen MR) is 75.2 cm³/mol. The number of sulfonamides is 1. The second kappa shape index (κ2) is 8.09. The van der Waals surface area contributed by atoms with E-state index >= 15 is 0 Å². The van der Waals surface area contributed by atoms with Crippen LogP contribution >= 0.6 is 0 Å². The van der Waals surface area contributed by atoms with Gasteiger partial charge < -0.3 is 10.2 Å². The molecule has 0 amide bonds. The molecule has 0 aliphatic carbocycles. The van der Waals surface area contributed by atoms with Crippen LogP contribution in [0, 0.1) is 5.92 Å². The number of hydrogen-bond acceptors (Lipinski definition) is 4. The molecule has 1 rings (SSSR count). The molecule has 6 heteroatoms. The third-order valence-electron chi connectivity index (χ3n) is 3.27. The summed E-state index contributed by atoms with van der Waals surface area (Å²) in [4.78, 5) is 2.24. The maximum atomic E-state index is 11.7. The smallest absolute Gasteiger partial charge is 0.211 e. The Bertz CT molecular complexity index is 319. The van der Waals surface area contributed by atoms with E-state index in [9.17, 15) is 8.42 Å². The molecule has 0 bridgehead atoms. The van der Waals surface area contributed by atoms with Crippen molar-refractivity contribution in [3.8, 4) is 0 Å². The Kier molecular flexibility index (Phi) is 7.14. The van der Waals surface area contributed by atoms with Crippen LogP contribution in [0.25, 0.3) is 0 Å². The molecule has 1 aliphatic heterocycles. The third kappa shape index (κ3) is 6.68. The molecule has 1 atom stereocenters. The molecule has 0 aromatic heterocycles. The molecule has 108 valence electrons. The van der Waals surface area contributed by atoms with Crippen LogP contribution in [0.4, 0.5) is 0 Å². The van der Waals surface area contributed by atoms with E-state index in [2.05, 4.69) is 28.9 Å². The molecule has 1 aliphatic rings. The van der Waals surface area contributed by atoms with Gasteiger partial charge in [-0.2, -0.15) is 0 Å². The summed E-state index contributed by atoms with van der Waals surface area (Å²) in [5.74, 6) is 0.703. The monoisotopic (exact) mass is 277 g/mol. The lowest BCUT2D eigenvalue weighted by atomic mass is 10.1. The van der Waals surface area contributed by atoms with E-state index in [1.54, 1.807) is 0 Å². The molecular formula is C12H27N3O2S. The summed E-state index contributed by atoms with van der Waals surface area (Å²) in [5, 5.41) is 3.21. The van der Waals surface area contributed by atoms with Crippen molar-refractivity contribution < 1.29 is 8.42 Å². The highest BCUT2D eigenvalue weighted by Crippen LogP contribution is 2.13. The number of rotatable bonds is 9. The van der Waals surface area contributed by atoms with Gasteiger partial charge in [0.05, 0.1) is 5.75 Å². The quantitative estimate of drug-likeness (QED) is 0.593. The summed E-state index contributed by atoms with van der Waals surface area (Å²) < 4.78 is 26.2. The van der Waals surface area contributed by atoms with Crippen LogP contribution < -0.4 is 10.0 Å². The van der Waals surface area contributed by atoms with Crippen molar-refractivity contribution >= 4 is 10.0 Å². The van der Waals surface area contributed by atoms with E-state index in [0.717, 1.165) is 39.0 Å². The molecule has 5 nitrogen and oxygen atoms in total. The molecule has 1 saturated heterocycles. The van der Waals surface area contributed by atoms with Gasteiger partial charge in [-0.3, -0.25) is 0 Å². The van der Waals surface area contributed by atoms with E-state index in [-0.39, 0.29) is 5.75 Å². The van der Waals surface area contributed by atoms with Crippen molar-refractivity contribution in [3.63, 3.8) is 0 Å². The summed E-state index contributed by atoms with van der Waals surface area (Å²) in [5.41, 5.74) is 0. The zero-order valence-corrected chi connectivity index (χ0v) is 12.4. The summed E-state index contributed by atoms with van der Waals surface area (Å²) in [7, 11) is -1.00. The fourth-order valence-electron chi connectivity index (χ4n) is 2.20. The topological polar surface area (TPSA) is 61.4 Å². The van der Waals surface area contributed by atoms with Crippen molar-refractivity contribution in [1.29, 1.82) is 0 Å². The lowest BCUT2D eigenvalue weighted by Crippen LogP contribution is -2.33. The highest BCUT2D eigenvalue weighted by Gasteiger charge is 2.21. The van der Waals surface area contributed by atoms with Gasteiger partial charge in [-0.1, -0.05) is 6.92 Å². The maximum absolute atomic E-state index is 11.7. The van der Waals surface area contributed by atoms with Crippen LogP contribution in [0.1, 0.15) is 26.2 Å². The fourth-order valence-corrected chi connectivity index (χ4v) is 3.36. The molecule has 0 saturated carbocycles. The van der Waals surface area contributed by atoms with Gasteiger partial charge in [-0.05, 0) is 51.9 Å².